The maximum atomic E-state index is 10.9. The molecule has 1 aromatic carbocycles. The number of primary amides is 1. The lowest BCUT2D eigenvalue weighted by Gasteiger charge is -2.25. The van der Waals surface area contributed by atoms with E-state index in [1.54, 1.807) is 13.2 Å². The van der Waals surface area contributed by atoms with Crippen LogP contribution in [0, 0.1) is 0 Å². The minimum Gasteiger partial charge on any atom is -0.460 e. The maximum Gasteiger partial charge on any atom is 0.251 e. The highest BCUT2D eigenvalue weighted by atomic mass is 16.7. The van der Waals surface area contributed by atoms with E-state index in [9.17, 15) is 4.79 Å². The molecule has 0 radical (unpaired) electrons. The molecule has 0 spiro atoms. The molecule has 2 atom stereocenters. The fourth-order valence-electron chi connectivity index (χ4n) is 1.86. The molecular formula is C15H20N2O3. The second-order valence-electron chi connectivity index (χ2n) is 5.08. The predicted octanol–water partition coefficient (Wildman–Crippen LogP) is 1.68. The van der Waals surface area contributed by atoms with Crippen molar-refractivity contribution in [2.75, 3.05) is 0 Å². The first kappa shape index (κ1) is 14.4. The maximum absolute atomic E-state index is 10.9. The Morgan fingerprint density at radius 1 is 1.50 bits per heavy atom. The van der Waals surface area contributed by atoms with E-state index in [1.165, 1.54) is 0 Å². The molecule has 5 nitrogen and oxygen atoms in total. The van der Waals surface area contributed by atoms with E-state index >= 15 is 0 Å². The number of hydrogen-bond acceptors (Lipinski definition) is 4. The first-order chi connectivity index (χ1) is 9.48. The van der Waals surface area contributed by atoms with Crippen LogP contribution in [-0.4, -0.2) is 17.7 Å². The summed E-state index contributed by atoms with van der Waals surface area (Å²) < 4.78 is 11.2. The summed E-state index contributed by atoms with van der Waals surface area (Å²) in [5.74, 6) is -0.216. The third-order valence-corrected chi connectivity index (χ3v) is 3.20. The number of carbonyl (C=O) groups excluding carboxylic acids is 1. The molecule has 2 rings (SSSR count). The van der Waals surface area contributed by atoms with Crippen molar-refractivity contribution in [2.45, 2.75) is 38.6 Å². The van der Waals surface area contributed by atoms with Crippen LogP contribution in [0.15, 0.2) is 36.6 Å². The number of nitrogens with two attached hydrogens (primary N) is 1. The highest BCUT2D eigenvalue weighted by Gasteiger charge is 2.29. The van der Waals surface area contributed by atoms with Crippen LogP contribution in [0.25, 0.3) is 0 Å². The van der Waals surface area contributed by atoms with Crippen molar-refractivity contribution in [3.63, 3.8) is 0 Å². The topological polar surface area (TPSA) is 73.6 Å². The third kappa shape index (κ3) is 3.74. The molecule has 1 aliphatic heterocycles. The Hall–Kier alpha value is -2.01. The minimum absolute atomic E-state index is 0.345. The zero-order chi connectivity index (χ0) is 14.6. The first-order valence-corrected chi connectivity index (χ1v) is 6.62. The molecule has 2 unspecified atom stereocenters. The van der Waals surface area contributed by atoms with Crippen molar-refractivity contribution < 1.29 is 14.3 Å². The number of carbonyl (C=O) groups is 1. The highest BCUT2D eigenvalue weighted by molar-refractivity contribution is 5.79. The Morgan fingerprint density at radius 2 is 2.20 bits per heavy atom. The van der Waals surface area contributed by atoms with Crippen molar-refractivity contribution in [3.05, 3.63) is 42.2 Å². The van der Waals surface area contributed by atoms with E-state index in [-0.39, 0.29) is 11.9 Å². The zero-order valence-electron chi connectivity index (χ0n) is 11.8. The molecule has 0 bridgehead atoms. The van der Waals surface area contributed by atoms with Gasteiger partial charge < -0.3 is 20.5 Å². The first-order valence-electron chi connectivity index (χ1n) is 6.62. The summed E-state index contributed by atoms with van der Waals surface area (Å²) in [4.78, 5) is 10.9. The second kappa shape index (κ2) is 5.96. The lowest BCUT2D eigenvalue weighted by molar-refractivity contribution is -0.119. The molecule has 0 fully saturated rings. The summed E-state index contributed by atoms with van der Waals surface area (Å²) in [6.07, 6.45) is 4.32. The number of amides is 1. The van der Waals surface area contributed by atoms with Gasteiger partial charge in [-0.2, -0.15) is 0 Å². The third-order valence-electron chi connectivity index (χ3n) is 3.20. The summed E-state index contributed by atoms with van der Waals surface area (Å²) >= 11 is 0. The van der Waals surface area contributed by atoms with E-state index < -0.39 is 5.79 Å². The SMILES string of the molecule is CC(NCc1ccc(OC2(C)CC=CO2)cc1)C(N)=O. The highest BCUT2D eigenvalue weighted by Crippen LogP contribution is 2.27. The normalized spacial score (nSPS) is 22.3. The number of hydrogen-bond donors (Lipinski definition) is 2. The van der Waals surface area contributed by atoms with Crippen LogP contribution in [-0.2, 0) is 16.1 Å². The van der Waals surface area contributed by atoms with Crippen LogP contribution < -0.4 is 15.8 Å². The van der Waals surface area contributed by atoms with Gasteiger partial charge in [0, 0.05) is 19.9 Å². The largest absolute Gasteiger partial charge is 0.460 e. The zero-order valence-corrected chi connectivity index (χ0v) is 11.8. The van der Waals surface area contributed by atoms with Crippen molar-refractivity contribution in [1.82, 2.24) is 5.32 Å². The van der Waals surface area contributed by atoms with Gasteiger partial charge in [-0.1, -0.05) is 12.1 Å². The average Bonchev–Trinajstić information content (AvgIpc) is 2.84. The molecule has 5 heteroatoms. The monoisotopic (exact) mass is 276 g/mol. The molecule has 0 aliphatic carbocycles. The van der Waals surface area contributed by atoms with E-state index in [0.29, 0.717) is 6.54 Å². The van der Waals surface area contributed by atoms with Gasteiger partial charge >= 0.3 is 0 Å². The van der Waals surface area contributed by atoms with E-state index in [4.69, 9.17) is 15.2 Å². The summed E-state index contributed by atoms with van der Waals surface area (Å²) in [5.41, 5.74) is 6.25. The number of ether oxygens (including phenoxy) is 2. The van der Waals surface area contributed by atoms with Gasteiger partial charge in [-0.15, -0.1) is 0 Å². The summed E-state index contributed by atoms with van der Waals surface area (Å²) in [6, 6.07) is 7.32. The van der Waals surface area contributed by atoms with Crippen LogP contribution in [0.4, 0.5) is 0 Å². The quantitative estimate of drug-likeness (QED) is 0.829. The van der Waals surface area contributed by atoms with Crippen LogP contribution in [0.3, 0.4) is 0 Å². The Labute approximate surface area is 118 Å². The number of benzene rings is 1. The average molecular weight is 276 g/mol. The Kier molecular flexibility index (Phi) is 4.29. The van der Waals surface area contributed by atoms with Gasteiger partial charge in [0.15, 0.2) is 0 Å². The van der Waals surface area contributed by atoms with E-state index in [1.807, 2.05) is 37.3 Å². The van der Waals surface area contributed by atoms with Gasteiger partial charge in [-0.05, 0) is 30.7 Å². The molecule has 1 aromatic rings. The van der Waals surface area contributed by atoms with E-state index in [0.717, 1.165) is 17.7 Å². The van der Waals surface area contributed by atoms with Crippen molar-refractivity contribution >= 4 is 5.91 Å². The Bertz CT molecular complexity index is 488. The van der Waals surface area contributed by atoms with Gasteiger partial charge in [-0.25, -0.2) is 0 Å². The molecule has 108 valence electrons. The lowest BCUT2D eigenvalue weighted by Crippen LogP contribution is -2.38. The lowest BCUT2D eigenvalue weighted by atomic mass is 10.2. The molecule has 1 aliphatic rings. The Balaban J connectivity index is 1.88. The van der Waals surface area contributed by atoms with Gasteiger partial charge in [0.2, 0.25) is 5.91 Å². The molecule has 0 saturated carbocycles. The second-order valence-corrected chi connectivity index (χ2v) is 5.08. The molecule has 3 N–H and O–H groups in total. The number of nitrogens with one attached hydrogen (secondary N) is 1. The van der Waals surface area contributed by atoms with Crippen molar-refractivity contribution in [2.24, 2.45) is 5.73 Å². The van der Waals surface area contributed by atoms with Crippen LogP contribution in [0.2, 0.25) is 0 Å². The molecule has 20 heavy (non-hydrogen) atoms. The number of rotatable bonds is 6. The van der Waals surface area contributed by atoms with Gasteiger partial charge in [-0.3, -0.25) is 4.79 Å². The minimum atomic E-state index is -0.611. The van der Waals surface area contributed by atoms with Crippen LogP contribution in [0.5, 0.6) is 5.75 Å². The predicted molar refractivity (Wildman–Crippen MR) is 75.8 cm³/mol. The standard InChI is InChI=1S/C15H20N2O3/c1-11(14(16)18)17-10-12-4-6-13(7-5-12)20-15(2)8-3-9-19-15/h3-7,9,11,17H,8,10H2,1-2H3,(H2,16,18). The summed E-state index contributed by atoms with van der Waals surface area (Å²) in [6.45, 7) is 4.22. The smallest absolute Gasteiger partial charge is 0.251 e. The van der Waals surface area contributed by atoms with Gasteiger partial charge in [0.25, 0.3) is 5.79 Å². The molecule has 0 saturated heterocycles. The van der Waals surface area contributed by atoms with Gasteiger partial charge in [0.1, 0.15) is 5.75 Å². The van der Waals surface area contributed by atoms with Crippen LogP contribution >= 0.6 is 0 Å². The molecule has 1 amide bonds. The molecular weight excluding hydrogens is 256 g/mol. The molecule has 0 aromatic heterocycles. The summed E-state index contributed by atoms with van der Waals surface area (Å²) in [5, 5.41) is 3.05. The Morgan fingerprint density at radius 3 is 2.75 bits per heavy atom. The van der Waals surface area contributed by atoms with Crippen molar-refractivity contribution in [3.8, 4) is 5.75 Å². The molecule has 1 heterocycles. The van der Waals surface area contributed by atoms with Gasteiger partial charge in [0.05, 0.1) is 12.3 Å². The van der Waals surface area contributed by atoms with E-state index in [2.05, 4.69) is 5.32 Å². The fraction of sp³-hybridized carbons (Fsp3) is 0.400. The fourth-order valence-corrected chi connectivity index (χ4v) is 1.86. The van der Waals surface area contributed by atoms with Crippen molar-refractivity contribution in [1.29, 1.82) is 0 Å². The summed E-state index contributed by atoms with van der Waals surface area (Å²) in [7, 11) is 0. The van der Waals surface area contributed by atoms with Crippen LogP contribution in [0.1, 0.15) is 25.8 Å².